The summed E-state index contributed by atoms with van der Waals surface area (Å²) in [5, 5.41) is 24.2. The summed E-state index contributed by atoms with van der Waals surface area (Å²) in [5.41, 5.74) is 0.791. The van der Waals surface area contributed by atoms with E-state index in [1.165, 1.54) is 6.07 Å². The lowest BCUT2D eigenvalue weighted by Crippen LogP contribution is -2.33. The van der Waals surface area contributed by atoms with E-state index >= 15 is 0 Å². The average molecular weight is 342 g/mol. The van der Waals surface area contributed by atoms with Gasteiger partial charge in [0.15, 0.2) is 0 Å². The van der Waals surface area contributed by atoms with Gasteiger partial charge in [-0.3, -0.25) is 10.1 Å². The van der Waals surface area contributed by atoms with Crippen LogP contribution in [0.2, 0.25) is 0 Å². The Kier molecular flexibility index (Phi) is 4.52. The number of benzene rings is 1. The van der Waals surface area contributed by atoms with Crippen molar-refractivity contribution in [3.05, 3.63) is 39.8 Å². The van der Waals surface area contributed by atoms with Gasteiger partial charge in [0, 0.05) is 39.2 Å². The maximum absolute atomic E-state index is 11.3. The Hall–Kier alpha value is -3.15. The molecule has 1 aliphatic heterocycles. The predicted molar refractivity (Wildman–Crippen MR) is 90.6 cm³/mol. The number of nitriles is 1. The lowest BCUT2D eigenvalue weighted by atomic mass is 9.96. The van der Waals surface area contributed by atoms with E-state index in [0.29, 0.717) is 30.6 Å². The van der Waals surface area contributed by atoms with Gasteiger partial charge in [-0.2, -0.15) is 10.2 Å². The van der Waals surface area contributed by atoms with E-state index < -0.39 is 4.92 Å². The highest BCUT2D eigenvalue weighted by Gasteiger charge is 2.28. The third-order valence-corrected chi connectivity index (χ3v) is 4.32. The standard InChI is InChI=1S/C16H18N6O3/c1-20(2)16-18-15(25-19-16)12-5-7-21(8-6-12)13-4-3-11(10-17)9-14(13)22(23)24/h3-4,9,12H,5-8H2,1-2H3. The molecular formula is C16H18N6O3. The van der Waals surface area contributed by atoms with Gasteiger partial charge in [-0.15, -0.1) is 0 Å². The number of piperidine rings is 1. The van der Waals surface area contributed by atoms with Crippen LogP contribution in [0.25, 0.3) is 0 Å². The zero-order valence-corrected chi connectivity index (χ0v) is 14.0. The van der Waals surface area contributed by atoms with Crippen LogP contribution in [0.4, 0.5) is 17.3 Å². The molecule has 0 atom stereocenters. The van der Waals surface area contributed by atoms with Crippen LogP contribution in [0, 0.1) is 21.4 Å². The normalized spacial score (nSPS) is 15.0. The topological polar surface area (TPSA) is 112 Å². The highest BCUT2D eigenvalue weighted by atomic mass is 16.6. The van der Waals surface area contributed by atoms with Crippen molar-refractivity contribution in [1.82, 2.24) is 10.1 Å². The number of nitrogens with zero attached hydrogens (tertiary/aromatic N) is 6. The smallest absolute Gasteiger partial charge is 0.293 e. The maximum Gasteiger partial charge on any atom is 0.293 e. The van der Waals surface area contributed by atoms with Gasteiger partial charge in [0.1, 0.15) is 5.69 Å². The zero-order chi connectivity index (χ0) is 18.0. The molecule has 1 saturated heterocycles. The molecule has 0 radical (unpaired) electrons. The molecule has 1 aromatic heterocycles. The van der Waals surface area contributed by atoms with E-state index in [4.69, 9.17) is 9.78 Å². The highest BCUT2D eigenvalue weighted by Crippen LogP contribution is 2.35. The fraction of sp³-hybridized carbons (Fsp3) is 0.438. The minimum absolute atomic E-state index is 0.0369. The van der Waals surface area contributed by atoms with E-state index in [1.807, 2.05) is 25.1 Å². The average Bonchev–Trinajstić information content (AvgIpc) is 3.12. The van der Waals surface area contributed by atoms with Crippen LogP contribution >= 0.6 is 0 Å². The van der Waals surface area contributed by atoms with Gasteiger partial charge < -0.3 is 14.3 Å². The van der Waals surface area contributed by atoms with Crippen LogP contribution in [0.1, 0.15) is 30.2 Å². The van der Waals surface area contributed by atoms with E-state index in [-0.39, 0.29) is 17.2 Å². The monoisotopic (exact) mass is 342 g/mol. The van der Waals surface area contributed by atoms with Gasteiger partial charge in [-0.25, -0.2) is 0 Å². The number of hydrogen-bond donors (Lipinski definition) is 0. The Balaban J connectivity index is 1.74. The molecule has 0 spiro atoms. The predicted octanol–water partition coefficient (Wildman–Crippen LogP) is 2.30. The third kappa shape index (κ3) is 3.38. The van der Waals surface area contributed by atoms with Gasteiger partial charge in [-0.05, 0) is 30.1 Å². The number of nitro groups is 1. The zero-order valence-electron chi connectivity index (χ0n) is 14.0. The number of rotatable bonds is 4. The molecule has 25 heavy (non-hydrogen) atoms. The molecule has 0 amide bonds. The summed E-state index contributed by atoms with van der Waals surface area (Å²) in [6, 6.07) is 6.51. The molecule has 1 aliphatic rings. The molecule has 2 heterocycles. The molecule has 1 aromatic carbocycles. The summed E-state index contributed by atoms with van der Waals surface area (Å²) in [7, 11) is 3.70. The van der Waals surface area contributed by atoms with Crippen molar-refractivity contribution in [2.45, 2.75) is 18.8 Å². The minimum Gasteiger partial charge on any atom is -0.366 e. The summed E-state index contributed by atoms with van der Waals surface area (Å²) in [6.45, 7) is 1.30. The Labute approximate surface area is 144 Å². The second kappa shape index (κ2) is 6.76. The molecule has 3 rings (SSSR count). The molecule has 0 aliphatic carbocycles. The molecule has 2 aromatic rings. The summed E-state index contributed by atoms with van der Waals surface area (Å²) < 4.78 is 5.33. The maximum atomic E-state index is 11.3. The Morgan fingerprint density at radius 2 is 2.12 bits per heavy atom. The Morgan fingerprint density at radius 1 is 1.40 bits per heavy atom. The first-order chi connectivity index (χ1) is 12.0. The lowest BCUT2D eigenvalue weighted by molar-refractivity contribution is -0.384. The van der Waals surface area contributed by atoms with Crippen molar-refractivity contribution in [1.29, 1.82) is 5.26 Å². The number of nitro benzene ring substituents is 1. The van der Waals surface area contributed by atoms with Crippen LogP contribution in [0.15, 0.2) is 22.7 Å². The quantitative estimate of drug-likeness (QED) is 0.614. The van der Waals surface area contributed by atoms with Crippen molar-refractivity contribution in [2.75, 3.05) is 37.0 Å². The van der Waals surface area contributed by atoms with E-state index in [9.17, 15) is 10.1 Å². The van der Waals surface area contributed by atoms with Crippen molar-refractivity contribution >= 4 is 17.3 Å². The summed E-state index contributed by atoms with van der Waals surface area (Å²) in [4.78, 5) is 19.0. The van der Waals surface area contributed by atoms with Crippen molar-refractivity contribution in [3.63, 3.8) is 0 Å². The van der Waals surface area contributed by atoms with Crippen LogP contribution < -0.4 is 9.80 Å². The first-order valence-electron chi connectivity index (χ1n) is 7.94. The van der Waals surface area contributed by atoms with Gasteiger partial charge in [0.2, 0.25) is 5.89 Å². The van der Waals surface area contributed by atoms with Crippen LogP contribution in [-0.4, -0.2) is 42.2 Å². The van der Waals surface area contributed by atoms with Gasteiger partial charge in [0.05, 0.1) is 16.6 Å². The Bertz CT molecular complexity index is 818. The van der Waals surface area contributed by atoms with Gasteiger partial charge in [-0.1, -0.05) is 0 Å². The molecule has 0 bridgehead atoms. The number of aromatic nitrogens is 2. The number of hydrogen-bond acceptors (Lipinski definition) is 8. The fourth-order valence-corrected chi connectivity index (χ4v) is 2.95. The first kappa shape index (κ1) is 16.7. The molecular weight excluding hydrogens is 324 g/mol. The van der Waals surface area contributed by atoms with Crippen molar-refractivity contribution < 1.29 is 9.45 Å². The molecule has 9 nitrogen and oxygen atoms in total. The largest absolute Gasteiger partial charge is 0.366 e. The van der Waals surface area contributed by atoms with Crippen molar-refractivity contribution in [3.8, 4) is 6.07 Å². The SMILES string of the molecule is CN(C)c1noc(C2CCN(c3ccc(C#N)cc3[N+](=O)[O-])CC2)n1. The fourth-order valence-electron chi connectivity index (χ4n) is 2.95. The second-order valence-corrected chi connectivity index (χ2v) is 6.16. The minimum atomic E-state index is -0.441. The summed E-state index contributed by atoms with van der Waals surface area (Å²) >= 11 is 0. The van der Waals surface area contributed by atoms with E-state index in [1.54, 1.807) is 17.0 Å². The molecule has 1 fully saturated rings. The van der Waals surface area contributed by atoms with Gasteiger partial charge >= 0.3 is 0 Å². The molecule has 9 heteroatoms. The molecule has 130 valence electrons. The molecule has 0 N–H and O–H groups in total. The summed E-state index contributed by atoms with van der Waals surface area (Å²) in [5.74, 6) is 1.30. The van der Waals surface area contributed by atoms with Crippen LogP contribution in [-0.2, 0) is 0 Å². The number of anilines is 2. The molecule has 0 unspecified atom stereocenters. The second-order valence-electron chi connectivity index (χ2n) is 6.16. The van der Waals surface area contributed by atoms with E-state index in [0.717, 1.165) is 12.8 Å². The van der Waals surface area contributed by atoms with Crippen molar-refractivity contribution in [2.24, 2.45) is 0 Å². The van der Waals surface area contributed by atoms with E-state index in [2.05, 4.69) is 10.1 Å². The van der Waals surface area contributed by atoms with Crippen LogP contribution in [0.3, 0.4) is 0 Å². The molecule has 0 saturated carbocycles. The lowest BCUT2D eigenvalue weighted by Gasteiger charge is -2.31. The summed E-state index contributed by atoms with van der Waals surface area (Å²) in [6.07, 6.45) is 1.54. The van der Waals surface area contributed by atoms with Gasteiger partial charge in [0.25, 0.3) is 11.6 Å². The third-order valence-electron chi connectivity index (χ3n) is 4.32. The highest BCUT2D eigenvalue weighted by molar-refractivity contribution is 5.65. The van der Waals surface area contributed by atoms with Crippen LogP contribution in [0.5, 0.6) is 0 Å². The Morgan fingerprint density at radius 3 is 2.68 bits per heavy atom. The first-order valence-corrected chi connectivity index (χ1v) is 7.94.